The Morgan fingerprint density at radius 1 is 1.06 bits per heavy atom. The van der Waals surface area contributed by atoms with Crippen molar-refractivity contribution in [2.45, 2.75) is 31.4 Å². The third kappa shape index (κ3) is 2.28. The molecule has 0 aromatic carbocycles. The molecule has 0 radical (unpaired) electrons. The number of hydrogen-bond donors (Lipinski definition) is 1. The molecule has 0 spiro atoms. The van der Waals surface area contributed by atoms with Crippen LogP contribution in [0.25, 0.3) is 0 Å². The van der Waals surface area contributed by atoms with E-state index in [0.717, 1.165) is 4.57 Å². The Morgan fingerprint density at radius 3 is 2.22 bits per heavy atom. The van der Waals surface area contributed by atoms with Crippen molar-refractivity contribution >= 4 is 0 Å². The second kappa shape index (κ2) is 4.11. The van der Waals surface area contributed by atoms with E-state index in [0.29, 0.717) is 0 Å². The van der Waals surface area contributed by atoms with Crippen LogP contribution in [0, 0.1) is 0 Å². The zero-order chi connectivity index (χ0) is 13.6. The van der Waals surface area contributed by atoms with Gasteiger partial charge in [0.2, 0.25) is 5.92 Å². The number of nitrogens with zero attached hydrogens (tertiary/aromatic N) is 3. The Morgan fingerprint density at radius 2 is 1.67 bits per heavy atom. The van der Waals surface area contributed by atoms with Crippen LogP contribution in [0.4, 0.5) is 26.3 Å². The van der Waals surface area contributed by atoms with Crippen LogP contribution < -0.4 is 5.32 Å². The summed E-state index contributed by atoms with van der Waals surface area (Å²) in [4.78, 5) is 0. The number of fused-ring (bicyclic) bond motifs is 1. The van der Waals surface area contributed by atoms with Crippen LogP contribution in [0.2, 0.25) is 0 Å². The first-order valence-electron chi connectivity index (χ1n) is 4.97. The Bertz CT molecular complexity index is 420. The largest absolute Gasteiger partial charge is 0.407 e. The molecule has 1 aromatic heterocycles. The zero-order valence-corrected chi connectivity index (χ0v) is 8.81. The molecule has 0 amide bonds. The van der Waals surface area contributed by atoms with Gasteiger partial charge in [-0.2, -0.15) is 26.3 Å². The van der Waals surface area contributed by atoms with Gasteiger partial charge in [-0.25, -0.2) is 0 Å². The minimum atomic E-state index is -5.44. The van der Waals surface area contributed by atoms with Gasteiger partial charge in [0.25, 0.3) is 0 Å². The normalized spacial score (nSPS) is 17.1. The molecule has 4 nitrogen and oxygen atoms in total. The lowest BCUT2D eigenvalue weighted by Crippen LogP contribution is -2.38. The molecule has 0 aliphatic carbocycles. The van der Waals surface area contributed by atoms with Gasteiger partial charge in [0.1, 0.15) is 5.82 Å². The van der Waals surface area contributed by atoms with Crippen LogP contribution >= 0.6 is 0 Å². The van der Waals surface area contributed by atoms with Crippen LogP contribution in [0.5, 0.6) is 0 Å². The number of nitrogens with one attached hydrogen (secondary N) is 1. The third-order valence-corrected chi connectivity index (χ3v) is 2.56. The maximum Gasteiger partial charge on any atom is 0.407 e. The van der Waals surface area contributed by atoms with Crippen molar-refractivity contribution in [3.63, 3.8) is 0 Å². The summed E-state index contributed by atoms with van der Waals surface area (Å²) in [5, 5.41) is 9.20. The maximum atomic E-state index is 12.5. The number of hydrogen-bond acceptors (Lipinski definition) is 3. The van der Waals surface area contributed by atoms with Crippen LogP contribution in [0.15, 0.2) is 0 Å². The first-order valence-corrected chi connectivity index (χ1v) is 4.97. The number of aromatic nitrogens is 3. The van der Waals surface area contributed by atoms with E-state index in [1.165, 1.54) is 0 Å². The summed E-state index contributed by atoms with van der Waals surface area (Å²) in [6.45, 7) is 0.371. The van der Waals surface area contributed by atoms with Crippen LogP contribution in [-0.2, 0) is 13.1 Å². The van der Waals surface area contributed by atoms with E-state index in [2.05, 4.69) is 15.5 Å². The standard InChI is InChI=1S/C8H8F6N4/c9-7(10,11)5(8(12,13)14)6-17-16-4-3-15-1-2-18(4)6/h5,15H,1-3H2. The summed E-state index contributed by atoms with van der Waals surface area (Å²) in [5.74, 6) is -4.61. The third-order valence-electron chi connectivity index (χ3n) is 2.56. The molecule has 0 fully saturated rings. The van der Waals surface area contributed by atoms with Gasteiger partial charge in [-0.15, -0.1) is 10.2 Å². The highest BCUT2D eigenvalue weighted by Crippen LogP contribution is 2.45. The van der Waals surface area contributed by atoms with E-state index < -0.39 is 24.1 Å². The first-order chi connectivity index (χ1) is 8.21. The molecule has 18 heavy (non-hydrogen) atoms. The van der Waals surface area contributed by atoms with Gasteiger partial charge in [0.15, 0.2) is 5.82 Å². The summed E-state index contributed by atoms with van der Waals surface area (Å²) in [5.41, 5.74) is 0. The fraction of sp³-hybridized carbons (Fsp3) is 0.750. The van der Waals surface area contributed by atoms with Crippen LogP contribution in [0.1, 0.15) is 17.6 Å². The van der Waals surface area contributed by atoms with Crippen molar-refractivity contribution in [3.8, 4) is 0 Å². The summed E-state index contributed by atoms with van der Waals surface area (Å²) < 4.78 is 76.1. The highest BCUT2D eigenvalue weighted by Gasteiger charge is 2.60. The average Bonchev–Trinajstić information content (AvgIpc) is 2.58. The fourth-order valence-corrected chi connectivity index (χ4v) is 1.81. The SMILES string of the molecule is FC(F)(F)C(c1nnc2n1CCNC2)C(F)(F)F. The van der Waals surface area contributed by atoms with E-state index >= 15 is 0 Å². The minimum absolute atomic E-state index is 0.0136. The molecule has 0 saturated carbocycles. The van der Waals surface area contributed by atoms with E-state index in [4.69, 9.17) is 0 Å². The Labute approximate surface area is 97.0 Å². The lowest BCUT2D eigenvalue weighted by Gasteiger charge is -2.24. The van der Waals surface area contributed by atoms with Crippen molar-refractivity contribution in [3.05, 3.63) is 11.6 Å². The van der Waals surface area contributed by atoms with E-state index in [1.54, 1.807) is 0 Å². The van der Waals surface area contributed by atoms with Crippen molar-refractivity contribution in [1.82, 2.24) is 20.1 Å². The fourth-order valence-electron chi connectivity index (χ4n) is 1.81. The minimum Gasteiger partial charge on any atom is -0.312 e. The monoisotopic (exact) mass is 274 g/mol. The molecule has 2 rings (SSSR count). The first kappa shape index (κ1) is 13.1. The molecule has 10 heteroatoms. The van der Waals surface area contributed by atoms with Gasteiger partial charge in [-0.3, -0.25) is 0 Å². The topological polar surface area (TPSA) is 42.7 Å². The quantitative estimate of drug-likeness (QED) is 0.791. The lowest BCUT2D eigenvalue weighted by atomic mass is 10.1. The molecule has 1 aliphatic heterocycles. The molecule has 102 valence electrons. The number of alkyl halides is 6. The van der Waals surface area contributed by atoms with Gasteiger partial charge >= 0.3 is 12.4 Å². The zero-order valence-electron chi connectivity index (χ0n) is 8.81. The van der Waals surface area contributed by atoms with Gasteiger partial charge in [-0.05, 0) is 0 Å². The molecule has 0 atom stereocenters. The Kier molecular flexibility index (Phi) is 2.99. The van der Waals surface area contributed by atoms with E-state index in [9.17, 15) is 26.3 Å². The van der Waals surface area contributed by atoms with Gasteiger partial charge < -0.3 is 9.88 Å². The number of halogens is 6. The predicted molar refractivity (Wildman–Crippen MR) is 46.6 cm³/mol. The van der Waals surface area contributed by atoms with Crippen LogP contribution in [-0.4, -0.2) is 33.7 Å². The smallest absolute Gasteiger partial charge is 0.312 e. The Balaban J connectivity index is 2.47. The molecule has 2 heterocycles. The maximum absolute atomic E-state index is 12.5. The predicted octanol–water partition coefficient (Wildman–Crippen LogP) is 1.59. The highest BCUT2D eigenvalue weighted by molar-refractivity contribution is 5.09. The van der Waals surface area contributed by atoms with Gasteiger partial charge in [-0.1, -0.05) is 0 Å². The number of rotatable bonds is 1. The molecule has 0 saturated heterocycles. The van der Waals surface area contributed by atoms with E-state index in [1.807, 2.05) is 0 Å². The van der Waals surface area contributed by atoms with Crippen molar-refractivity contribution < 1.29 is 26.3 Å². The molecular weight excluding hydrogens is 266 g/mol. The molecular formula is C8H8F6N4. The van der Waals surface area contributed by atoms with Crippen molar-refractivity contribution in [1.29, 1.82) is 0 Å². The van der Waals surface area contributed by atoms with Gasteiger partial charge in [0, 0.05) is 13.1 Å². The second-order valence-electron chi connectivity index (χ2n) is 3.82. The molecule has 1 N–H and O–H groups in total. The Hall–Kier alpha value is -1.32. The van der Waals surface area contributed by atoms with Crippen molar-refractivity contribution in [2.24, 2.45) is 0 Å². The summed E-state index contributed by atoms with van der Waals surface area (Å²) in [6, 6.07) is 0. The highest BCUT2D eigenvalue weighted by atomic mass is 19.4. The summed E-state index contributed by atoms with van der Waals surface area (Å²) in [7, 11) is 0. The summed E-state index contributed by atoms with van der Waals surface area (Å²) >= 11 is 0. The summed E-state index contributed by atoms with van der Waals surface area (Å²) in [6.07, 6.45) is -10.9. The average molecular weight is 274 g/mol. The molecule has 0 bridgehead atoms. The molecule has 1 aromatic rings. The molecule has 1 aliphatic rings. The van der Waals surface area contributed by atoms with Crippen molar-refractivity contribution in [2.75, 3.05) is 6.54 Å². The van der Waals surface area contributed by atoms with E-state index in [-0.39, 0.29) is 25.5 Å². The second-order valence-corrected chi connectivity index (χ2v) is 3.82. The molecule has 0 unspecified atom stereocenters. The van der Waals surface area contributed by atoms with Crippen LogP contribution in [0.3, 0.4) is 0 Å². The lowest BCUT2D eigenvalue weighted by molar-refractivity contribution is -0.256. The van der Waals surface area contributed by atoms with Gasteiger partial charge in [0.05, 0.1) is 6.54 Å².